The molecule has 18 heavy (non-hydrogen) atoms. The third kappa shape index (κ3) is 2.18. The number of aromatic nitrogens is 3. The average Bonchev–Trinajstić information content (AvgIpc) is 3.01. The molecule has 1 unspecified atom stereocenters. The van der Waals surface area contributed by atoms with E-state index in [1.165, 1.54) is 19.4 Å². The summed E-state index contributed by atoms with van der Waals surface area (Å²) in [4.78, 5) is 6.96. The number of anilines is 1. The Morgan fingerprint density at radius 2 is 2.39 bits per heavy atom. The van der Waals surface area contributed by atoms with Crippen molar-refractivity contribution in [3.63, 3.8) is 0 Å². The van der Waals surface area contributed by atoms with Crippen molar-refractivity contribution >= 4 is 11.6 Å². The van der Waals surface area contributed by atoms with Crippen molar-refractivity contribution in [2.75, 3.05) is 25.0 Å². The minimum absolute atomic E-state index is 0.626. The molecule has 2 aromatic rings. The Balaban J connectivity index is 1.66. The molecule has 1 atom stereocenters. The highest BCUT2D eigenvalue weighted by Crippen LogP contribution is 2.16. The molecule has 0 spiro atoms. The number of hydrogen-bond donors (Lipinski definition) is 1. The number of likely N-dealkylation sites (N-methyl/N-ethyl adjacent to an activating group) is 1. The number of nitrogens with zero attached hydrogens (tertiary/aromatic N) is 4. The van der Waals surface area contributed by atoms with Crippen LogP contribution < -0.4 is 5.32 Å². The van der Waals surface area contributed by atoms with Gasteiger partial charge in [0.15, 0.2) is 5.65 Å². The van der Waals surface area contributed by atoms with Crippen molar-refractivity contribution in [3.8, 4) is 0 Å². The van der Waals surface area contributed by atoms with E-state index >= 15 is 0 Å². The summed E-state index contributed by atoms with van der Waals surface area (Å²) in [6.45, 7) is 5.51. The molecule has 96 valence electrons. The largest absolute Gasteiger partial charge is 0.351 e. The Morgan fingerprint density at radius 1 is 1.44 bits per heavy atom. The van der Waals surface area contributed by atoms with Gasteiger partial charge in [-0.05, 0) is 38.1 Å². The second kappa shape index (κ2) is 4.94. The summed E-state index contributed by atoms with van der Waals surface area (Å²) in [5.74, 6) is 0.726. The van der Waals surface area contributed by atoms with Crippen LogP contribution in [0.4, 0.5) is 5.95 Å². The molecule has 1 fully saturated rings. The number of pyridine rings is 1. The van der Waals surface area contributed by atoms with E-state index in [1.807, 2.05) is 24.4 Å². The van der Waals surface area contributed by atoms with Gasteiger partial charge in [0.1, 0.15) is 0 Å². The van der Waals surface area contributed by atoms with E-state index in [-0.39, 0.29) is 0 Å². The molecule has 1 aliphatic heterocycles. The van der Waals surface area contributed by atoms with Crippen molar-refractivity contribution in [3.05, 3.63) is 24.4 Å². The van der Waals surface area contributed by atoms with Crippen LogP contribution in [-0.4, -0.2) is 45.2 Å². The molecule has 1 aliphatic rings. The van der Waals surface area contributed by atoms with Gasteiger partial charge in [-0.25, -0.2) is 4.52 Å². The summed E-state index contributed by atoms with van der Waals surface area (Å²) in [6, 6.07) is 6.53. The summed E-state index contributed by atoms with van der Waals surface area (Å²) >= 11 is 0. The van der Waals surface area contributed by atoms with E-state index in [2.05, 4.69) is 27.2 Å². The van der Waals surface area contributed by atoms with Crippen LogP contribution in [0.3, 0.4) is 0 Å². The highest BCUT2D eigenvalue weighted by Gasteiger charge is 2.22. The summed E-state index contributed by atoms with van der Waals surface area (Å²) in [6.07, 6.45) is 4.49. The maximum atomic E-state index is 4.45. The highest BCUT2D eigenvalue weighted by atomic mass is 15.3. The zero-order chi connectivity index (χ0) is 12.4. The Kier molecular flexibility index (Phi) is 3.15. The fourth-order valence-corrected chi connectivity index (χ4v) is 2.66. The summed E-state index contributed by atoms with van der Waals surface area (Å²) in [7, 11) is 0. The lowest BCUT2D eigenvalue weighted by Gasteiger charge is -2.22. The topological polar surface area (TPSA) is 45.5 Å². The number of nitrogens with one attached hydrogen (secondary N) is 1. The van der Waals surface area contributed by atoms with Crippen LogP contribution in [0.5, 0.6) is 0 Å². The zero-order valence-electron chi connectivity index (χ0n) is 10.7. The number of hydrogen-bond acceptors (Lipinski definition) is 4. The normalized spacial score (nSPS) is 20.6. The minimum atomic E-state index is 0.626. The van der Waals surface area contributed by atoms with Gasteiger partial charge in [-0.1, -0.05) is 13.0 Å². The summed E-state index contributed by atoms with van der Waals surface area (Å²) in [5, 5.41) is 7.76. The Labute approximate surface area is 107 Å². The number of likely N-dealkylation sites (tertiary alicyclic amines) is 1. The van der Waals surface area contributed by atoms with Gasteiger partial charge >= 0.3 is 0 Å². The van der Waals surface area contributed by atoms with E-state index in [0.29, 0.717) is 6.04 Å². The quantitative estimate of drug-likeness (QED) is 0.889. The predicted molar refractivity (Wildman–Crippen MR) is 71.7 cm³/mol. The molecule has 3 heterocycles. The van der Waals surface area contributed by atoms with Crippen LogP contribution in [-0.2, 0) is 0 Å². The molecule has 0 aromatic carbocycles. The molecule has 0 bridgehead atoms. The molecule has 5 nitrogen and oxygen atoms in total. The third-order valence-electron chi connectivity index (χ3n) is 3.64. The number of rotatable bonds is 4. The van der Waals surface area contributed by atoms with Crippen molar-refractivity contribution in [1.29, 1.82) is 0 Å². The SMILES string of the molecule is CCN1CCCC1CNc1nc2ccccn2n1. The minimum Gasteiger partial charge on any atom is -0.351 e. The summed E-state index contributed by atoms with van der Waals surface area (Å²) in [5.41, 5.74) is 0.888. The zero-order valence-corrected chi connectivity index (χ0v) is 10.7. The van der Waals surface area contributed by atoms with Gasteiger partial charge in [-0.2, -0.15) is 4.98 Å². The monoisotopic (exact) mass is 245 g/mol. The van der Waals surface area contributed by atoms with Crippen LogP contribution >= 0.6 is 0 Å². The van der Waals surface area contributed by atoms with Gasteiger partial charge in [0.25, 0.3) is 0 Å². The first kappa shape index (κ1) is 11.5. The molecule has 0 saturated carbocycles. The average molecular weight is 245 g/mol. The second-order valence-corrected chi connectivity index (χ2v) is 4.74. The van der Waals surface area contributed by atoms with E-state index in [9.17, 15) is 0 Å². The Hall–Kier alpha value is -1.62. The first-order valence-electron chi connectivity index (χ1n) is 6.66. The highest BCUT2D eigenvalue weighted by molar-refractivity contribution is 5.42. The maximum absolute atomic E-state index is 4.45. The standard InChI is InChI=1S/C13H19N5/c1-2-17-8-5-6-11(17)10-14-13-15-12-7-3-4-9-18(12)16-13/h3-4,7,9,11H,2,5-6,8,10H2,1H3,(H,14,16). The smallest absolute Gasteiger partial charge is 0.243 e. The Bertz CT molecular complexity index is 488. The number of fused-ring (bicyclic) bond motifs is 1. The van der Waals surface area contributed by atoms with Crippen LogP contribution in [0.25, 0.3) is 5.65 Å². The van der Waals surface area contributed by atoms with Gasteiger partial charge in [0, 0.05) is 18.8 Å². The molecule has 2 aromatic heterocycles. The molecule has 1 N–H and O–H groups in total. The Morgan fingerprint density at radius 3 is 3.22 bits per heavy atom. The lowest BCUT2D eigenvalue weighted by Crippen LogP contribution is -2.34. The molecular weight excluding hydrogens is 226 g/mol. The van der Waals surface area contributed by atoms with Crippen LogP contribution in [0.15, 0.2) is 24.4 Å². The first-order valence-corrected chi connectivity index (χ1v) is 6.66. The maximum Gasteiger partial charge on any atom is 0.243 e. The molecular formula is C13H19N5. The summed E-state index contributed by atoms with van der Waals surface area (Å²) < 4.78 is 1.80. The van der Waals surface area contributed by atoms with E-state index in [4.69, 9.17) is 0 Å². The molecule has 5 heteroatoms. The molecule has 0 amide bonds. The lowest BCUT2D eigenvalue weighted by atomic mass is 10.2. The molecule has 3 rings (SSSR count). The lowest BCUT2D eigenvalue weighted by molar-refractivity contribution is 0.277. The van der Waals surface area contributed by atoms with Crippen molar-refractivity contribution in [2.24, 2.45) is 0 Å². The van der Waals surface area contributed by atoms with Crippen LogP contribution in [0.2, 0.25) is 0 Å². The molecule has 1 saturated heterocycles. The van der Waals surface area contributed by atoms with Crippen molar-refractivity contribution in [1.82, 2.24) is 19.5 Å². The van der Waals surface area contributed by atoms with Gasteiger partial charge in [-0.3, -0.25) is 4.90 Å². The van der Waals surface area contributed by atoms with E-state index < -0.39 is 0 Å². The predicted octanol–water partition coefficient (Wildman–Crippen LogP) is 1.63. The fourth-order valence-electron chi connectivity index (χ4n) is 2.66. The fraction of sp³-hybridized carbons (Fsp3) is 0.538. The van der Waals surface area contributed by atoms with Gasteiger partial charge in [0.05, 0.1) is 0 Å². The van der Waals surface area contributed by atoms with E-state index in [0.717, 1.165) is 24.7 Å². The second-order valence-electron chi connectivity index (χ2n) is 4.74. The van der Waals surface area contributed by atoms with Crippen molar-refractivity contribution in [2.45, 2.75) is 25.8 Å². The van der Waals surface area contributed by atoms with Gasteiger partial charge < -0.3 is 5.32 Å². The van der Waals surface area contributed by atoms with Crippen LogP contribution in [0.1, 0.15) is 19.8 Å². The molecule has 0 radical (unpaired) electrons. The molecule has 0 aliphatic carbocycles. The van der Waals surface area contributed by atoms with Gasteiger partial charge in [0.2, 0.25) is 5.95 Å². The third-order valence-corrected chi connectivity index (χ3v) is 3.64. The van der Waals surface area contributed by atoms with Gasteiger partial charge in [-0.15, -0.1) is 5.10 Å². The van der Waals surface area contributed by atoms with E-state index in [1.54, 1.807) is 4.52 Å². The van der Waals surface area contributed by atoms with Crippen LogP contribution in [0, 0.1) is 0 Å². The first-order chi connectivity index (χ1) is 8.86. The van der Waals surface area contributed by atoms with Crippen molar-refractivity contribution < 1.29 is 0 Å².